The lowest BCUT2D eigenvalue weighted by atomic mass is 10.3. The molecular weight excluding hydrogens is 227 g/mol. The number of aromatic nitrogens is 1. The van der Waals surface area contributed by atoms with Crippen LogP contribution in [0, 0.1) is 11.3 Å². The Morgan fingerprint density at radius 1 is 1.50 bits per heavy atom. The van der Waals surface area contributed by atoms with Crippen molar-refractivity contribution in [2.45, 2.75) is 6.36 Å². The highest BCUT2D eigenvalue weighted by Gasteiger charge is 2.33. The smallest absolute Gasteiger partial charge is 0.490 e. The van der Waals surface area contributed by atoms with Crippen molar-refractivity contribution in [3.63, 3.8) is 0 Å². The van der Waals surface area contributed by atoms with Gasteiger partial charge in [0.05, 0.1) is 7.11 Å². The van der Waals surface area contributed by atoms with Crippen molar-refractivity contribution in [2.24, 2.45) is 0 Å². The molecule has 8 heteroatoms. The van der Waals surface area contributed by atoms with E-state index in [0.717, 1.165) is 13.2 Å². The zero-order valence-electron chi connectivity index (χ0n) is 8.00. The van der Waals surface area contributed by atoms with E-state index in [1.54, 1.807) is 6.07 Å². The molecule has 0 fully saturated rings. The van der Waals surface area contributed by atoms with Crippen LogP contribution in [0.15, 0.2) is 6.07 Å². The van der Waals surface area contributed by atoms with Gasteiger partial charge in [0.25, 0.3) is 0 Å². The largest absolute Gasteiger partial charge is 0.573 e. The molecule has 1 heterocycles. The highest BCUT2D eigenvalue weighted by atomic mass is 19.4. The van der Waals surface area contributed by atoms with Crippen molar-refractivity contribution in [2.75, 3.05) is 12.8 Å². The summed E-state index contributed by atoms with van der Waals surface area (Å²) in [5, 5.41) is 8.50. The third-order valence-corrected chi connectivity index (χ3v) is 1.51. The third-order valence-electron chi connectivity index (χ3n) is 1.51. The first-order chi connectivity index (χ1) is 7.37. The van der Waals surface area contributed by atoms with Crippen LogP contribution in [0.4, 0.5) is 19.0 Å². The molecule has 0 aromatic carbocycles. The molecule has 16 heavy (non-hydrogen) atoms. The highest BCUT2D eigenvalue weighted by Crippen LogP contribution is 2.35. The molecule has 0 aliphatic carbocycles. The molecule has 2 N–H and O–H groups in total. The van der Waals surface area contributed by atoms with Gasteiger partial charge in [0.1, 0.15) is 11.8 Å². The Hall–Kier alpha value is -2.17. The van der Waals surface area contributed by atoms with Gasteiger partial charge in [-0.15, -0.1) is 13.2 Å². The summed E-state index contributed by atoms with van der Waals surface area (Å²) in [4.78, 5) is 3.50. The van der Waals surface area contributed by atoms with Crippen molar-refractivity contribution in [1.29, 1.82) is 5.26 Å². The predicted molar refractivity (Wildman–Crippen MR) is 46.6 cm³/mol. The lowest BCUT2D eigenvalue weighted by Crippen LogP contribution is -2.18. The van der Waals surface area contributed by atoms with E-state index < -0.39 is 12.1 Å². The van der Waals surface area contributed by atoms with E-state index in [1.807, 2.05) is 0 Å². The van der Waals surface area contributed by atoms with E-state index >= 15 is 0 Å². The van der Waals surface area contributed by atoms with Gasteiger partial charge >= 0.3 is 6.36 Å². The Bertz CT molecular complexity index is 439. The predicted octanol–water partition coefficient (Wildman–Crippen LogP) is 1.44. The number of alkyl halides is 3. The molecule has 0 saturated heterocycles. The number of hydrogen-bond donors (Lipinski definition) is 1. The molecule has 1 rings (SSSR count). The van der Waals surface area contributed by atoms with Crippen molar-refractivity contribution in [1.82, 2.24) is 4.98 Å². The summed E-state index contributed by atoms with van der Waals surface area (Å²) in [6.45, 7) is 0. The van der Waals surface area contributed by atoms with Crippen LogP contribution in [-0.4, -0.2) is 18.5 Å². The molecule has 1 aromatic rings. The SMILES string of the molecule is COc1c(OC(F)(F)F)cc(C#N)nc1N. The number of rotatable bonds is 2. The first-order valence-electron chi connectivity index (χ1n) is 3.87. The number of nitrogens with zero attached hydrogens (tertiary/aromatic N) is 2. The number of ether oxygens (including phenoxy) is 2. The lowest BCUT2D eigenvalue weighted by Gasteiger charge is -2.13. The second-order valence-electron chi connectivity index (χ2n) is 2.58. The van der Waals surface area contributed by atoms with Crippen LogP contribution < -0.4 is 15.2 Å². The molecule has 1 aromatic heterocycles. The zero-order valence-corrected chi connectivity index (χ0v) is 8.00. The fraction of sp³-hybridized carbons (Fsp3) is 0.250. The molecule has 5 nitrogen and oxygen atoms in total. The summed E-state index contributed by atoms with van der Waals surface area (Å²) >= 11 is 0. The van der Waals surface area contributed by atoms with Crippen molar-refractivity contribution >= 4 is 5.82 Å². The molecule has 0 aliphatic rings. The first-order valence-corrected chi connectivity index (χ1v) is 3.87. The number of nitrogens with two attached hydrogens (primary N) is 1. The molecule has 0 atom stereocenters. The summed E-state index contributed by atoms with van der Waals surface area (Å²) < 4.78 is 44.3. The molecule has 0 bridgehead atoms. The van der Waals surface area contributed by atoms with Gasteiger partial charge in [-0.2, -0.15) is 5.26 Å². The number of pyridine rings is 1. The second kappa shape index (κ2) is 4.14. The number of methoxy groups -OCH3 is 1. The van der Waals surface area contributed by atoms with Gasteiger partial charge in [0, 0.05) is 6.07 Å². The van der Waals surface area contributed by atoms with Gasteiger partial charge < -0.3 is 15.2 Å². The van der Waals surface area contributed by atoms with Crippen LogP contribution in [0.2, 0.25) is 0 Å². The molecule has 0 saturated carbocycles. The Morgan fingerprint density at radius 3 is 2.56 bits per heavy atom. The maximum absolute atomic E-state index is 12.0. The maximum Gasteiger partial charge on any atom is 0.573 e. The summed E-state index contributed by atoms with van der Waals surface area (Å²) in [6.07, 6.45) is -4.90. The van der Waals surface area contributed by atoms with Crippen molar-refractivity contribution in [3.05, 3.63) is 11.8 Å². The van der Waals surface area contributed by atoms with Crippen LogP contribution in [0.3, 0.4) is 0 Å². The standard InChI is InChI=1S/C8H6F3N3O2/c1-15-6-5(16-8(9,10)11)2-4(3-12)14-7(6)13/h2H,1H3,(H2,13,14). The number of nitriles is 1. The van der Waals surface area contributed by atoms with Gasteiger partial charge in [0.15, 0.2) is 11.6 Å². The topological polar surface area (TPSA) is 81.2 Å². The average Bonchev–Trinajstić information content (AvgIpc) is 2.14. The number of nitrogen functional groups attached to an aromatic ring is 1. The molecular formula is C8H6F3N3O2. The molecule has 0 aliphatic heterocycles. The third kappa shape index (κ3) is 2.66. The van der Waals surface area contributed by atoms with Gasteiger partial charge in [-0.25, -0.2) is 4.98 Å². The van der Waals surface area contributed by atoms with E-state index in [1.165, 1.54) is 0 Å². The van der Waals surface area contributed by atoms with Crippen LogP contribution in [0.25, 0.3) is 0 Å². The Morgan fingerprint density at radius 2 is 2.12 bits per heavy atom. The fourth-order valence-corrected chi connectivity index (χ4v) is 0.992. The highest BCUT2D eigenvalue weighted by molar-refractivity contribution is 5.57. The van der Waals surface area contributed by atoms with Gasteiger partial charge in [-0.1, -0.05) is 0 Å². The molecule has 0 spiro atoms. The average molecular weight is 233 g/mol. The van der Waals surface area contributed by atoms with Gasteiger partial charge in [-0.3, -0.25) is 0 Å². The van der Waals surface area contributed by atoms with Crippen LogP contribution in [0.5, 0.6) is 11.5 Å². The monoisotopic (exact) mass is 233 g/mol. The molecule has 0 amide bonds. The quantitative estimate of drug-likeness (QED) is 0.835. The maximum atomic E-state index is 12.0. The minimum absolute atomic E-state index is 0.294. The van der Waals surface area contributed by atoms with E-state index in [9.17, 15) is 13.2 Å². The van der Waals surface area contributed by atoms with Gasteiger partial charge in [0.2, 0.25) is 5.75 Å². The summed E-state index contributed by atoms with van der Waals surface area (Å²) in [6, 6.07) is 2.35. The molecule has 0 radical (unpaired) electrons. The minimum atomic E-state index is -4.90. The Balaban J connectivity index is 3.24. The summed E-state index contributed by atoms with van der Waals surface area (Å²) in [7, 11) is 1.11. The van der Waals surface area contributed by atoms with E-state index in [-0.39, 0.29) is 17.3 Å². The molecule has 86 valence electrons. The minimum Gasteiger partial charge on any atom is -0.490 e. The van der Waals surface area contributed by atoms with Crippen LogP contribution >= 0.6 is 0 Å². The van der Waals surface area contributed by atoms with Crippen LogP contribution in [0.1, 0.15) is 5.69 Å². The van der Waals surface area contributed by atoms with E-state index in [4.69, 9.17) is 11.0 Å². The summed E-state index contributed by atoms with van der Waals surface area (Å²) in [5.41, 5.74) is 5.00. The fourth-order valence-electron chi connectivity index (χ4n) is 0.992. The summed E-state index contributed by atoms with van der Waals surface area (Å²) in [5.74, 6) is -1.41. The van der Waals surface area contributed by atoms with E-state index in [0.29, 0.717) is 0 Å². The number of anilines is 1. The van der Waals surface area contributed by atoms with E-state index in [2.05, 4.69) is 14.5 Å². The normalized spacial score (nSPS) is 10.7. The number of halogens is 3. The van der Waals surface area contributed by atoms with Crippen LogP contribution in [-0.2, 0) is 0 Å². The van der Waals surface area contributed by atoms with Crippen molar-refractivity contribution < 1.29 is 22.6 Å². The van der Waals surface area contributed by atoms with Crippen molar-refractivity contribution in [3.8, 4) is 17.6 Å². The van der Waals surface area contributed by atoms with Gasteiger partial charge in [-0.05, 0) is 0 Å². The number of hydrogen-bond acceptors (Lipinski definition) is 5. The molecule has 0 unspecified atom stereocenters. The lowest BCUT2D eigenvalue weighted by molar-refractivity contribution is -0.275. The first kappa shape index (κ1) is 11.9. The zero-order chi connectivity index (χ0) is 12.3. The Labute approximate surface area is 88.2 Å². The second-order valence-corrected chi connectivity index (χ2v) is 2.58. The Kier molecular flexibility index (Phi) is 3.08.